The van der Waals surface area contributed by atoms with E-state index in [2.05, 4.69) is 45.1 Å². The van der Waals surface area contributed by atoms with E-state index < -0.39 is 6.10 Å². The molecule has 0 amide bonds. The molecule has 0 fully saturated rings. The topological polar surface area (TPSA) is 78.9 Å². The fraction of sp³-hybridized carbons (Fsp3) is 0.899. The molecule has 0 heterocycles. The largest absolute Gasteiger partial charge is 0.462 e. The summed E-state index contributed by atoms with van der Waals surface area (Å²) in [6.45, 7) is 6.68. The average molecular weight is 1060 g/mol. The van der Waals surface area contributed by atoms with Crippen molar-refractivity contribution in [2.45, 2.75) is 386 Å². The van der Waals surface area contributed by atoms with E-state index in [0.29, 0.717) is 19.3 Å². The summed E-state index contributed by atoms with van der Waals surface area (Å²) in [6, 6.07) is 0. The Kier molecular flexibility index (Phi) is 62.6. The van der Waals surface area contributed by atoms with Crippen LogP contribution in [0.3, 0.4) is 0 Å². The molecule has 0 saturated carbocycles. The van der Waals surface area contributed by atoms with Crippen molar-refractivity contribution in [2.24, 2.45) is 0 Å². The second kappa shape index (κ2) is 64.4. The van der Waals surface area contributed by atoms with Crippen molar-refractivity contribution in [3.05, 3.63) is 24.3 Å². The quantitative estimate of drug-likeness (QED) is 0.0261. The van der Waals surface area contributed by atoms with Gasteiger partial charge in [0, 0.05) is 19.3 Å². The lowest BCUT2D eigenvalue weighted by molar-refractivity contribution is -0.167. The highest BCUT2D eigenvalue weighted by Gasteiger charge is 2.19. The molecule has 0 aliphatic rings. The first-order valence-electron chi connectivity index (χ1n) is 33.8. The fourth-order valence-electron chi connectivity index (χ4n) is 10.3. The Balaban J connectivity index is 4.22. The van der Waals surface area contributed by atoms with Gasteiger partial charge in [-0.15, -0.1) is 0 Å². The van der Waals surface area contributed by atoms with E-state index in [1.165, 1.54) is 276 Å². The third kappa shape index (κ3) is 62.6. The highest BCUT2D eigenvalue weighted by Crippen LogP contribution is 2.18. The molecule has 1 unspecified atom stereocenters. The summed E-state index contributed by atoms with van der Waals surface area (Å²) in [5, 5.41) is 0. The van der Waals surface area contributed by atoms with E-state index >= 15 is 0 Å². The van der Waals surface area contributed by atoms with Crippen LogP contribution in [-0.4, -0.2) is 37.2 Å². The van der Waals surface area contributed by atoms with Crippen LogP contribution in [0.1, 0.15) is 380 Å². The number of carbonyl (C=O) groups is 3. The van der Waals surface area contributed by atoms with Gasteiger partial charge in [0.25, 0.3) is 0 Å². The standard InChI is InChI=1S/C69H130O6/c1-4-7-10-13-16-19-22-25-27-29-31-33-34-35-37-38-40-42-44-47-50-53-56-59-62-68(71)74-65-66(64-73-67(70)61-58-55-52-49-46-24-21-18-15-12-9-6-3)75-69(72)63-60-57-54-51-48-45-43-41-39-36-32-30-28-26-23-20-17-14-11-8-5-2/h18,21,30,32,66H,4-17,19-20,22-29,31,33-65H2,1-3H3/b21-18-,32-30-. The number of ether oxygens (including phenoxy) is 3. The van der Waals surface area contributed by atoms with Crippen LogP contribution in [0, 0.1) is 0 Å². The predicted molar refractivity (Wildman–Crippen MR) is 326 cm³/mol. The average Bonchev–Trinajstić information content (AvgIpc) is 3.41. The summed E-state index contributed by atoms with van der Waals surface area (Å²) in [6.07, 6.45) is 77.7. The third-order valence-corrected chi connectivity index (χ3v) is 15.4. The lowest BCUT2D eigenvalue weighted by atomic mass is 10.0. The van der Waals surface area contributed by atoms with Gasteiger partial charge in [-0.25, -0.2) is 0 Å². The first kappa shape index (κ1) is 72.9. The molecule has 0 aliphatic carbocycles. The van der Waals surface area contributed by atoms with Gasteiger partial charge >= 0.3 is 17.9 Å². The molecule has 442 valence electrons. The van der Waals surface area contributed by atoms with Gasteiger partial charge < -0.3 is 14.2 Å². The van der Waals surface area contributed by atoms with Gasteiger partial charge in [-0.1, -0.05) is 315 Å². The van der Waals surface area contributed by atoms with Crippen molar-refractivity contribution < 1.29 is 28.6 Å². The van der Waals surface area contributed by atoms with Gasteiger partial charge in [-0.2, -0.15) is 0 Å². The van der Waals surface area contributed by atoms with E-state index in [0.717, 1.165) is 64.2 Å². The zero-order valence-corrected chi connectivity index (χ0v) is 50.8. The van der Waals surface area contributed by atoms with Gasteiger partial charge in [0.1, 0.15) is 13.2 Å². The van der Waals surface area contributed by atoms with Crippen molar-refractivity contribution in [3.63, 3.8) is 0 Å². The van der Waals surface area contributed by atoms with Crippen LogP contribution in [0.5, 0.6) is 0 Å². The van der Waals surface area contributed by atoms with Crippen molar-refractivity contribution in [1.82, 2.24) is 0 Å². The first-order chi connectivity index (χ1) is 37.0. The maximum atomic E-state index is 12.9. The molecule has 0 spiro atoms. The third-order valence-electron chi connectivity index (χ3n) is 15.4. The van der Waals surface area contributed by atoms with E-state index in [1.807, 2.05) is 0 Å². The van der Waals surface area contributed by atoms with E-state index in [-0.39, 0.29) is 31.1 Å². The zero-order valence-electron chi connectivity index (χ0n) is 50.8. The zero-order chi connectivity index (χ0) is 54.3. The molecule has 0 saturated heterocycles. The van der Waals surface area contributed by atoms with E-state index in [9.17, 15) is 14.4 Å². The Morgan fingerprint density at radius 1 is 0.253 bits per heavy atom. The minimum atomic E-state index is -0.773. The fourth-order valence-corrected chi connectivity index (χ4v) is 10.3. The SMILES string of the molecule is CCCCC/C=C\CCCCCCCC(=O)OCC(COC(=O)CCCCCCCCCCCCCCCCCCCCCCCCCC)OC(=O)CCCCCCCCCCC/C=C\CCCCCCCCCC. The van der Waals surface area contributed by atoms with Gasteiger partial charge in [0.2, 0.25) is 0 Å². The number of allylic oxidation sites excluding steroid dienone is 4. The van der Waals surface area contributed by atoms with Crippen molar-refractivity contribution in [3.8, 4) is 0 Å². The molecule has 6 nitrogen and oxygen atoms in total. The molecule has 0 aromatic rings. The number of hydrogen-bond donors (Lipinski definition) is 0. The van der Waals surface area contributed by atoms with E-state index in [4.69, 9.17) is 14.2 Å². The lowest BCUT2D eigenvalue weighted by Gasteiger charge is -2.18. The molecule has 0 aromatic carbocycles. The van der Waals surface area contributed by atoms with Crippen LogP contribution in [0.25, 0.3) is 0 Å². The van der Waals surface area contributed by atoms with Gasteiger partial charge in [0.05, 0.1) is 0 Å². The van der Waals surface area contributed by atoms with Crippen molar-refractivity contribution in [1.29, 1.82) is 0 Å². The smallest absolute Gasteiger partial charge is 0.306 e. The minimum Gasteiger partial charge on any atom is -0.462 e. The maximum Gasteiger partial charge on any atom is 0.306 e. The van der Waals surface area contributed by atoms with Crippen LogP contribution in [0.4, 0.5) is 0 Å². The van der Waals surface area contributed by atoms with Gasteiger partial charge in [0.15, 0.2) is 6.10 Å². The molecule has 0 bridgehead atoms. The second-order valence-electron chi connectivity index (χ2n) is 23.1. The number of hydrogen-bond acceptors (Lipinski definition) is 6. The van der Waals surface area contributed by atoms with Crippen LogP contribution in [-0.2, 0) is 28.6 Å². The number of unbranched alkanes of at least 4 members (excludes halogenated alkanes) is 48. The summed E-state index contributed by atoms with van der Waals surface area (Å²) < 4.78 is 16.9. The second-order valence-corrected chi connectivity index (χ2v) is 23.1. The summed E-state index contributed by atoms with van der Waals surface area (Å²) in [5.74, 6) is -0.854. The number of esters is 3. The molecule has 0 radical (unpaired) electrons. The van der Waals surface area contributed by atoms with Crippen molar-refractivity contribution in [2.75, 3.05) is 13.2 Å². The molecule has 0 rings (SSSR count). The normalized spacial score (nSPS) is 12.1. The van der Waals surface area contributed by atoms with Crippen molar-refractivity contribution >= 4 is 17.9 Å². The molecular formula is C69H130O6. The van der Waals surface area contributed by atoms with Gasteiger partial charge in [-0.05, 0) is 70.6 Å². The highest BCUT2D eigenvalue weighted by molar-refractivity contribution is 5.71. The lowest BCUT2D eigenvalue weighted by Crippen LogP contribution is -2.30. The number of rotatable bonds is 63. The highest BCUT2D eigenvalue weighted by atomic mass is 16.6. The summed E-state index contributed by atoms with van der Waals surface area (Å²) in [7, 11) is 0. The molecule has 1 atom stereocenters. The number of carbonyl (C=O) groups excluding carboxylic acids is 3. The predicted octanol–water partition coefficient (Wildman–Crippen LogP) is 23.0. The Bertz CT molecular complexity index is 1210. The first-order valence-corrected chi connectivity index (χ1v) is 33.8. The van der Waals surface area contributed by atoms with E-state index in [1.54, 1.807) is 0 Å². The Hall–Kier alpha value is -2.11. The van der Waals surface area contributed by atoms with Crippen LogP contribution >= 0.6 is 0 Å². The van der Waals surface area contributed by atoms with Crippen LogP contribution in [0.15, 0.2) is 24.3 Å². The Labute approximate surface area is 468 Å². The Morgan fingerprint density at radius 2 is 0.440 bits per heavy atom. The summed E-state index contributed by atoms with van der Waals surface area (Å²) in [4.78, 5) is 38.3. The molecular weight excluding hydrogens is 925 g/mol. The summed E-state index contributed by atoms with van der Waals surface area (Å²) >= 11 is 0. The molecule has 0 N–H and O–H groups in total. The Morgan fingerprint density at radius 3 is 0.693 bits per heavy atom. The molecule has 6 heteroatoms. The molecule has 0 aliphatic heterocycles. The monoisotopic (exact) mass is 1050 g/mol. The maximum absolute atomic E-state index is 12.9. The van der Waals surface area contributed by atoms with Gasteiger partial charge in [-0.3, -0.25) is 14.4 Å². The molecule has 0 aromatic heterocycles. The van der Waals surface area contributed by atoms with Crippen LogP contribution in [0.2, 0.25) is 0 Å². The van der Waals surface area contributed by atoms with Crippen LogP contribution < -0.4 is 0 Å². The summed E-state index contributed by atoms with van der Waals surface area (Å²) in [5.41, 5.74) is 0. The minimum absolute atomic E-state index is 0.0695. The molecule has 75 heavy (non-hydrogen) atoms.